The summed E-state index contributed by atoms with van der Waals surface area (Å²) in [7, 11) is 0. The largest absolute Gasteiger partial charge is 3.00 e. The molecule has 0 atom stereocenters. The van der Waals surface area contributed by atoms with E-state index in [4.69, 9.17) is 15.3 Å². The van der Waals surface area contributed by atoms with Crippen LogP contribution in [0.3, 0.4) is 0 Å². The molecule has 0 aliphatic rings. The molecule has 0 aromatic rings. The van der Waals surface area contributed by atoms with Gasteiger partial charge in [0.1, 0.15) is 6.10 Å². The van der Waals surface area contributed by atoms with Crippen molar-refractivity contribution in [1.82, 2.24) is 0 Å². The second-order valence-corrected chi connectivity index (χ2v) is 1.02. The molecule has 0 spiro atoms. The zero-order valence-electron chi connectivity index (χ0n) is 5.71. The molecule has 11 heavy (non-hydrogen) atoms. The number of hydrogen-bond donors (Lipinski definition) is 3. The molecular formula is C3H8Al2O6. The predicted molar refractivity (Wildman–Crippen MR) is 33.7 cm³/mol. The molecule has 0 aliphatic heterocycles. The second kappa shape index (κ2) is 30.8. The summed E-state index contributed by atoms with van der Waals surface area (Å²) >= 11 is 0. The third-order valence-corrected chi connectivity index (χ3v) is 0.421. The summed E-state index contributed by atoms with van der Waals surface area (Å²) in [4.78, 5) is 0. The Morgan fingerprint density at radius 3 is 1.00 bits per heavy atom. The number of rotatable bonds is 2. The third kappa shape index (κ3) is 36.2. The molecule has 3 N–H and O–H groups in total. The van der Waals surface area contributed by atoms with Gasteiger partial charge >= 0.3 is 34.7 Å². The first-order valence-electron chi connectivity index (χ1n) is 1.71. The van der Waals surface area contributed by atoms with E-state index in [1.54, 1.807) is 0 Å². The van der Waals surface area contributed by atoms with Gasteiger partial charge in [-0.05, 0) is 0 Å². The Labute approximate surface area is 86.0 Å². The van der Waals surface area contributed by atoms with Gasteiger partial charge in [0.15, 0.2) is 0 Å². The first-order valence-corrected chi connectivity index (χ1v) is 1.71. The molecular weight excluding hydrogens is 186 g/mol. The zero-order chi connectivity index (χ0) is 4.99. The topological polar surface area (TPSA) is 146 Å². The summed E-state index contributed by atoms with van der Waals surface area (Å²) in [5.74, 6) is 0. The Bertz CT molecular complexity index is 35.0. The fourth-order valence-electron chi connectivity index (χ4n) is 0.0577. The molecule has 0 saturated heterocycles. The van der Waals surface area contributed by atoms with Gasteiger partial charge in [-0.1, -0.05) is 0 Å². The Hall–Kier alpha value is 0.825. The van der Waals surface area contributed by atoms with Crippen LogP contribution >= 0.6 is 0 Å². The van der Waals surface area contributed by atoms with Crippen LogP contribution in [0, 0.1) is 0 Å². The summed E-state index contributed by atoms with van der Waals surface area (Å²) in [6.45, 7) is -0.729. The van der Waals surface area contributed by atoms with Crippen LogP contribution in [-0.4, -0.2) is 69.4 Å². The van der Waals surface area contributed by atoms with Crippen molar-refractivity contribution in [3.63, 3.8) is 0 Å². The smallest absolute Gasteiger partial charge is 2.00 e. The molecule has 0 fully saturated rings. The van der Waals surface area contributed by atoms with Crippen molar-refractivity contribution in [2.24, 2.45) is 0 Å². The summed E-state index contributed by atoms with van der Waals surface area (Å²) in [5.41, 5.74) is 0. The van der Waals surface area contributed by atoms with Gasteiger partial charge in [0.2, 0.25) is 0 Å². The van der Waals surface area contributed by atoms with Gasteiger partial charge in [-0.3, -0.25) is 0 Å². The van der Waals surface area contributed by atoms with E-state index < -0.39 is 6.10 Å². The van der Waals surface area contributed by atoms with Gasteiger partial charge in [-0.2, -0.15) is 0 Å². The Morgan fingerprint density at radius 1 is 0.818 bits per heavy atom. The van der Waals surface area contributed by atoms with E-state index >= 15 is 0 Å². The summed E-state index contributed by atoms with van der Waals surface area (Å²) < 4.78 is 0. The normalized spacial score (nSPS) is 5.45. The van der Waals surface area contributed by atoms with E-state index in [0.717, 1.165) is 0 Å². The molecule has 0 heterocycles. The standard InChI is InChI=1S/C3H8O3.2Al.3O/c4-1-3(6)2-5;;;;;/h3-6H,1-2H2;;;;;/q;2*+3;3*-2. The van der Waals surface area contributed by atoms with Crippen molar-refractivity contribution in [3.8, 4) is 0 Å². The number of aliphatic hydroxyl groups excluding tert-OH is 3. The minimum absolute atomic E-state index is 0. The van der Waals surface area contributed by atoms with Gasteiger partial charge in [-0.15, -0.1) is 0 Å². The van der Waals surface area contributed by atoms with Crippen LogP contribution in [0.4, 0.5) is 0 Å². The average molecular weight is 194 g/mol. The molecule has 0 aromatic heterocycles. The van der Waals surface area contributed by atoms with Crippen LogP contribution in [0.25, 0.3) is 0 Å². The minimum atomic E-state index is -0.954. The Morgan fingerprint density at radius 2 is 1.00 bits per heavy atom. The van der Waals surface area contributed by atoms with Gasteiger partial charge in [0, 0.05) is 0 Å². The van der Waals surface area contributed by atoms with Crippen molar-refractivity contribution < 1.29 is 31.7 Å². The third-order valence-electron chi connectivity index (χ3n) is 0.421. The average Bonchev–Trinajstić information content (AvgIpc) is 1.65. The van der Waals surface area contributed by atoms with E-state index in [0.29, 0.717) is 0 Å². The Kier molecular flexibility index (Phi) is 114. The van der Waals surface area contributed by atoms with E-state index in [2.05, 4.69) is 0 Å². The number of aliphatic hydroxyl groups is 3. The van der Waals surface area contributed by atoms with Crippen molar-refractivity contribution in [1.29, 1.82) is 0 Å². The molecule has 0 radical (unpaired) electrons. The first-order chi connectivity index (χ1) is 2.81. The van der Waals surface area contributed by atoms with E-state index in [1.165, 1.54) is 0 Å². The van der Waals surface area contributed by atoms with Gasteiger partial charge in [-0.25, -0.2) is 0 Å². The molecule has 0 rings (SSSR count). The molecule has 0 amide bonds. The fourth-order valence-corrected chi connectivity index (χ4v) is 0.0577. The van der Waals surface area contributed by atoms with E-state index in [-0.39, 0.29) is 64.4 Å². The maximum Gasteiger partial charge on any atom is 3.00 e. The maximum absolute atomic E-state index is 8.17. The van der Waals surface area contributed by atoms with Gasteiger partial charge in [0.25, 0.3) is 0 Å². The van der Waals surface area contributed by atoms with Crippen molar-refractivity contribution >= 4 is 34.7 Å². The zero-order valence-corrected chi connectivity index (χ0v) is 8.02. The molecule has 6 nitrogen and oxygen atoms in total. The molecule has 0 aromatic carbocycles. The molecule has 0 aliphatic carbocycles. The summed E-state index contributed by atoms with van der Waals surface area (Å²) in [6, 6.07) is 0. The van der Waals surface area contributed by atoms with Crippen molar-refractivity contribution in [3.05, 3.63) is 0 Å². The van der Waals surface area contributed by atoms with Crippen LogP contribution in [0.1, 0.15) is 0 Å². The van der Waals surface area contributed by atoms with E-state index in [9.17, 15) is 0 Å². The van der Waals surface area contributed by atoms with E-state index in [1.807, 2.05) is 0 Å². The summed E-state index contributed by atoms with van der Waals surface area (Å²) in [6.07, 6.45) is -0.954. The number of hydrogen-bond acceptors (Lipinski definition) is 3. The first kappa shape index (κ1) is 40.8. The molecule has 0 unspecified atom stereocenters. The monoisotopic (exact) mass is 194 g/mol. The van der Waals surface area contributed by atoms with Gasteiger partial charge < -0.3 is 31.7 Å². The minimum Gasteiger partial charge on any atom is -2.00 e. The predicted octanol–water partition coefficient (Wildman–Crippen LogP) is -2.79. The second-order valence-electron chi connectivity index (χ2n) is 1.02. The SMILES string of the molecule is OCC(O)CO.[Al+3].[Al+3].[O-2].[O-2].[O-2]. The quantitative estimate of drug-likeness (QED) is 0.408. The van der Waals surface area contributed by atoms with Crippen LogP contribution < -0.4 is 0 Å². The van der Waals surface area contributed by atoms with Crippen LogP contribution in [0.2, 0.25) is 0 Å². The maximum atomic E-state index is 8.17. The van der Waals surface area contributed by atoms with Crippen molar-refractivity contribution in [2.45, 2.75) is 6.10 Å². The molecule has 0 bridgehead atoms. The Balaban J connectivity index is -0.0000000125. The molecule has 8 heteroatoms. The molecule has 62 valence electrons. The fraction of sp³-hybridized carbons (Fsp3) is 1.00. The summed E-state index contributed by atoms with van der Waals surface area (Å²) in [5, 5.41) is 24.0. The van der Waals surface area contributed by atoms with Crippen LogP contribution in [0.15, 0.2) is 0 Å². The van der Waals surface area contributed by atoms with Crippen LogP contribution in [-0.2, 0) is 16.4 Å². The molecule has 0 saturated carbocycles. The van der Waals surface area contributed by atoms with Gasteiger partial charge in [0.05, 0.1) is 13.2 Å². The van der Waals surface area contributed by atoms with Crippen molar-refractivity contribution in [2.75, 3.05) is 13.2 Å². The van der Waals surface area contributed by atoms with Crippen LogP contribution in [0.5, 0.6) is 0 Å².